The molecule has 0 heterocycles. The van der Waals surface area contributed by atoms with Crippen LogP contribution in [0.25, 0.3) is 0 Å². The van der Waals surface area contributed by atoms with Gasteiger partial charge in [0, 0.05) is 35.6 Å². The smallest absolute Gasteiger partial charge is 0.196 e. The number of rotatable bonds is 7. The van der Waals surface area contributed by atoms with Gasteiger partial charge in [0.2, 0.25) is 0 Å². The fraction of sp³-hybridized carbons (Fsp3) is 0.333. The van der Waals surface area contributed by atoms with Crippen molar-refractivity contribution >= 4 is 22.9 Å². The minimum Gasteiger partial charge on any atom is -0.388 e. The Morgan fingerprint density at radius 2 is 1.50 bits per heavy atom. The predicted molar refractivity (Wildman–Crippen MR) is 105 cm³/mol. The van der Waals surface area contributed by atoms with Crippen molar-refractivity contribution in [2.24, 2.45) is 5.73 Å². The van der Waals surface area contributed by atoms with E-state index in [0.29, 0.717) is 40.2 Å². The minimum atomic E-state index is -0.117. The van der Waals surface area contributed by atoms with E-state index in [1.807, 2.05) is 12.1 Å². The highest BCUT2D eigenvalue weighted by Gasteiger charge is 2.33. The summed E-state index contributed by atoms with van der Waals surface area (Å²) in [5.41, 5.74) is 8.95. The zero-order chi connectivity index (χ0) is 18.7. The maximum atomic E-state index is 13.2. The molecule has 26 heavy (non-hydrogen) atoms. The molecule has 2 aromatic rings. The van der Waals surface area contributed by atoms with Crippen LogP contribution in [0.4, 0.5) is 11.4 Å². The average Bonchev–Trinajstić information content (AvgIpc) is 2.66. The van der Waals surface area contributed by atoms with Gasteiger partial charge in [0.15, 0.2) is 11.6 Å². The summed E-state index contributed by atoms with van der Waals surface area (Å²) in [6.45, 7) is 2.69. The summed E-state index contributed by atoms with van der Waals surface area (Å²) in [4.78, 5) is 26.3. The van der Waals surface area contributed by atoms with Crippen molar-refractivity contribution in [3.63, 3.8) is 0 Å². The molecule has 0 bridgehead atoms. The third-order valence-electron chi connectivity index (χ3n) is 4.86. The van der Waals surface area contributed by atoms with Gasteiger partial charge in [-0.15, -0.1) is 0 Å². The number of anilines is 2. The minimum absolute atomic E-state index is 0.113. The van der Waals surface area contributed by atoms with Gasteiger partial charge in [-0.25, -0.2) is 0 Å². The molecule has 0 saturated heterocycles. The lowest BCUT2D eigenvalue weighted by Crippen LogP contribution is -2.27. The van der Waals surface area contributed by atoms with Crippen LogP contribution in [0, 0.1) is 0 Å². The van der Waals surface area contributed by atoms with Crippen LogP contribution in [0.5, 0.6) is 0 Å². The van der Waals surface area contributed by atoms with Crippen molar-refractivity contribution in [3.8, 4) is 0 Å². The van der Waals surface area contributed by atoms with Gasteiger partial charge in [0.05, 0.1) is 11.1 Å². The van der Waals surface area contributed by atoms with Crippen LogP contribution in [0.15, 0.2) is 36.4 Å². The van der Waals surface area contributed by atoms with Crippen molar-refractivity contribution in [2.45, 2.75) is 32.2 Å². The summed E-state index contributed by atoms with van der Waals surface area (Å²) >= 11 is 0. The number of benzene rings is 2. The van der Waals surface area contributed by atoms with Gasteiger partial charge in [0.25, 0.3) is 0 Å². The maximum Gasteiger partial charge on any atom is 0.196 e. The Balaban J connectivity index is 2.13. The Morgan fingerprint density at radius 3 is 2.04 bits per heavy atom. The zero-order valence-corrected chi connectivity index (χ0v) is 15.3. The van der Waals surface area contributed by atoms with Crippen LogP contribution < -0.4 is 16.4 Å². The monoisotopic (exact) mass is 351 g/mol. The number of fused-ring (bicyclic) bond motifs is 2. The van der Waals surface area contributed by atoms with Gasteiger partial charge in [-0.3, -0.25) is 9.59 Å². The number of nitrogens with two attached hydrogens (primary N) is 1. The lowest BCUT2D eigenvalue weighted by molar-refractivity contribution is 0.0980. The Kier molecular flexibility index (Phi) is 5.38. The summed E-state index contributed by atoms with van der Waals surface area (Å²) in [5.74, 6) is -0.230. The fourth-order valence-corrected chi connectivity index (χ4v) is 3.61. The van der Waals surface area contributed by atoms with Crippen molar-refractivity contribution < 1.29 is 9.59 Å². The van der Waals surface area contributed by atoms with E-state index in [0.717, 1.165) is 19.3 Å². The normalized spacial score (nSPS) is 13.8. The van der Waals surface area contributed by atoms with Crippen molar-refractivity contribution in [3.05, 3.63) is 58.7 Å². The highest BCUT2D eigenvalue weighted by molar-refractivity contribution is 6.31. The summed E-state index contributed by atoms with van der Waals surface area (Å²) in [7, 11) is 1.76. The van der Waals surface area contributed by atoms with E-state index in [4.69, 9.17) is 5.73 Å². The number of carbonyl (C=O) groups is 2. The van der Waals surface area contributed by atoms with Gasteiger partial charge >= 0.3 is 0 Å². The molecule has 0 spiro atoms. The van der Waals surface area contributed by atoms with Crippen molar-refractivity contribution in [1.29, 1.82) is 0 Å². The van der Waals surface area contributed by atoms with Crippen LogP contribution in [-0.4, -0.2) is 31.2 Å². The molecular weight excluding hydrogens is 326 g/mol. The van der Waals surface area contributed by atoms with Crippen LogP contribution >= 0.6 is 0 Å². The predicted octanol–water partition coefficient (Wildman–Crippen LogP) is 3.43. The number of hydrogen-bond acceptors (Lipinski definition) is 5. The van der Waals surface area contributed by atoms with Gasteiger partial charge in [-0.05, 0) is 31.5 Å². The molecule has 2 aromatic carbocycles. The van der Waals surface area contributed by atoms with Crippen molar-refractivity contribution in [1.82, 2.24) is 0 Å². The van der Waals surface area contributed by atoms with Crippen molar-refractivity contribution in [2.75, 3.05) is 24.2 Å². The van der Waals surface area contributed by atoms with E-state index in [1.54, 1.807) is 31.3 Å². The van der Waals surface area contributed by atoms with E-state index in [1.165, 1.54) is 0 Å². The molecule has 5 heteroatoms. The third kappa shape index (κ3) is 3.10. The second-order valence-corrected chi connectivity index (χ2v) is 6.57. The molecule has 0 amide bonds. The molecule has 0 aliphatic heterocycles. The molecular formula is C21H25N3O2. The van der Waals surface area contributed by atoms with Gasteiger partial charge in [-0.1, -0.05) is 37.6 Å². The molecule has 0 radical (unpaired) electrons. The Labute approximate surface area is 154 Å². The molecule has 1 unspecified atom stereocenters. The standard InChI is InChI=1S/C21H25N3O2/c1-3-6-13(11-12-22)24-17-10-9-16(23-2)18-19(17)21(26)15-8-5-4-7-14(15)20(18)25/h4-5,7-10,13,23-24H,3,6,11-12,22H2,1-2H3. The van der Waals surface area contributed by atoms with Crippen LogP contribution in [-0.2, 0) is 0 Å². The molecule has 1 aliphatic carbocycles. The SMILES string of the molecule is CCCC(CCN)Nc1ccc(NC)c2c1C(=O)c1ccccc1C2=O. The lowest BCUT2D eigenvalue weighted by Gasteiger charge is -2.26. The largest absolute Gasteiger partial charge is 0.388 e. The Morgan fingerprint density at radius 1 is 0.923 bits per heavy atom. The second-order valence-electron chi connectivity index (χ2n) is 6.57. The van der Waals surface area contributed by atoms with E-state index in [9.17, 15) is 9.59 Å². The lowest BCUT2D eigenvalue weighted by atomic mass is 9.82. The van der Waals surface area contributed by atoms with Gasteiger partial charge in [-0.2, -0.15) is 0 Å². The first-order chi connectivity index (χ1) is 12.6. The summed E-state index contributed by atoms with van der Waals surface area (Å²) in [6, 6.07) is 10.9. The molecule has 1 atom stereocenters. The molecule has 0 fully saturated rings. The molecule has 1 aliphatic rings. The maximum absolute atomic E-state index is 13.2. The average molecular weight is 351 g/mol. The van der Waals surface area contributed by atoms with Crippen LogP contribution in [0.2, 0.25) is 0 Å². The Bertz CT molecular complexity index is 839. The highest BCUT2D eigenvalue weighted by Crippen LogP contribution is 2.36. The molecule has 5 nitrogen and oxygen atoms in total. The molecule has 0 aromatic heterocycles. The van der Waals surface area contributed by atoms with Crippen LogP contribution in [0.3, 0.4) is 0 Å². The van der Waals surface area contributed by atoms with E-state index in [-0.39, 0.29) is 17.6 Å². The van der Waals surface area contributed by atoms with E-state index < -0.39 is 0 Å². The number of nitrogens with one attached hydrogen (secondary N) is 2. The number of ketones is 2. The summed E-state index contributed by atoms with van der Waals surface area (Å²) in [5, 5.41) is 6.51. The first-order valence-corrected chi connectivity index (χ1v) is 9.12. The molecule has 3 rings (SSSR count). The first-order valence-electron chi connectivity index (χ1n) is 9.12. The third-order valence-corrected chi connectivity index (χ3v) is 4.86. The molecule has 4 N–H and O–H groups in total. The van der Waals surface area contributed by atoms with E-state index in [2.05, 4.69) is 17.6 Å². The van der Waals surface area contributed by atoms with E-state index >= 15 is 0 Å². The zero-order valence-electron chi connectivity index (χ0n) is 15.3. The quantitative estimate of drug-likeness (QED) is 0.607. The summed E-state index contributed by atoms with van der Waals surface area (Å²) < 4.78 is 0. The fourth-order valence-electron chi connectivity index (χ4n) is 3.61. The summed E-state index contributed by atoms with van der Waals surface area (Å²) in [6.07, 6.45) is 2.79. The topological polar surface area (TPSA) is 84.2 Å². The molecule has 0 saturated carbocycles. The number of hydrogen-bond donors (Lipinski definition) is 3. The highest BCUT2D eigenvalue weighted by atomic mass is 16.1. The number of carbonyl (C=O) groups excluding carboxylic acids is 2. The van der Waals surface area contributed by atoms with Gasteiger partial charge in [0.1, 0.15) is 0 Å². The Hall–Kier alpha value is -2.66. The molecule has 136 valence electrons. The van der Waals surface area contributed by atoms with Gasteiger partial charge < -0.3 is 16.4 Å². The second kappa shape index (κ2) is 7.70. The van der Waals surface area contributed by atoms with Crippen LogP contribution in [0.1, 0.15) is 58.0 Å². The first kappa shape index (κ1) is 18.1.